The normalized spacial score (nSPS) is 13.2. The summed E-state index contributed by atoms with van der Waals surface area (Å²) >= 11 is 0. The maximum Gasteiger partial charge on any atom is 0.333 e. The Hall–Kier alpha value is -4.80. The molecule has 0 atom stereocenters. The van der Waals surface area contributed by atoms with Crippen molar-refractivity contribution in [2.45, 2.75) is 78.2 Å². The van der Waals surface area contributed by atoms with Gasteiger partial charge in [-0.15, -0.1) is 10.2 Å². The monoisotopic (exact) mass is 583 g/mol. The van der Waals surface area contributed by atoms with Crippen LogP contribution < -0.4 is 5.32 Å². The van der Waals surface area contributed by atoms with E-state index in [4.69, 9.17) is 4.84 Å². The van der Waals surface area contributed by atoms with Crippen LogP contribution in [-0.2, 0) is 21.0 Å². The molecule has 2 amide bonds. The zero-order valence-electron chi connectivity index (χ0n) is 24.7. The molecule has 1 fully saturated rings. The van der Waals surface area contributed by atoms with Crippen LogP contribution in [0.3, 0.4) is 0 Å². The number of rotatable bonds is 13. The summed E-state index contributed by atoms with van der Waals surface area (Å²) in [5, 5.41) is 12.6. The number of aryl methyl sites for hydroxylation is 3. The van der Waals surface area contributed by atoms with Crippen LogP contribution >= 0.6 is 0 Å². The number of aromatic nitrogens is 5. The van der Waals surface area contributed by atoms with Crippen molar-refractivity contribution < 1.29 is 19.2 Å². The molecule has 3 aromatic heterocycles. The zero-order valence-corrected chi connectivity index (χ0v) is 24.7. The van der Waals surface area contributed by atoms with E-state index in [1.165, 1.54) is 0 Å². The van der Waals surface area contributed by atoms with Gasteiger partial charge in [-0.05, 0) is 57.4 Å². The van der Waals surface area contributed by atoms with Crippen molar-refractivity contribution in [2.75, 3.05) is 5.32 Å². The summed E-state index contributed by atoms with van der Waals surface area (Å²) in [6.45, 7) is 8.44. The maximum absolute atomic E-state index is 13.0. The van der Waals surface area contributed by atoms with Crippen LogP contribution in [0.1, 0.15) is 79.5 Å². The molecular formula is C32H37N7O4. The quantitative estimate of drug-likeness (QED) is 0.198. The van der Waals surface area contributed by atoms with Gasteiger partial charge in [0.25, 0.3) is 11.8 Å². The van der Waals surface area contributed by atoms with Gasteiger partial charge < -0.3 is 14.6 Å². The second-order valence-corrected chi connectivity index (χ2v) is 10.9. The lowest BCUT2D eigenvalue weighted by Crippen LogP contribution is -2.26. The van der Waals surface area contributed by atoms with E-state index >= 15 is 0 Å². The number of allylic oxidation sites excluding steroid dienone is 1. The van der Waals surface area contributed by atoms with E-state index in [0.29, 0.717) is 41.9 Å². The second-order valence-electron chi connectivity index (χ2n) is 10.9. The first-order valence-electron chi connectivity index (χ1n) is 14.8. The fourth-order valence-electron chi connectivity index (χ4n) is 5.18. The van der Waals surface area contributed by atoms with Gasteiger partial charge in [-0.3, -0.25) is 14.3 Å². The number of nitrogens with zero attached hydrogens (tertiary/aromatic N) is 6. The van der Waals surface area contributed by atoms with E-state index < -0.39 is 0 Å². The Kier molecular flexibility index (Phi) is 9.29. The molecule has 1 aliphatic rings. The van der Waals surface area contributed by atoms with Crippen LogP contribution in [0.4, 0.5) is 5.69 Å². The molecule has 1 aromatic carbocycles. The molecule has 0 spiro atoms. The Bertz CT molecular complexity index is 1620. The molecule has 0 radical (unpaired) electrons. The number of fused-ring (bicyclic) bond motifs is 1. The number of benzene rings is 1. The van der Waals surface area contributed by atoms with Crippen molar-refractivity contribution in [3.05, 3.63) is 78.0 Å². The highest BCUT2D eigenvalue weighted by atomic mass is 16.7. The fourth-order valence-corrected chi connectivity index (χ4v) is 5.18. The molecule has 1 aliphatic heterocycles. The molecule has 0 aliphatic carbocycles. The predicted molar refractivity (Wildman–Crippen MR) is 162 cm³/mol. The Morgan fingerprint density at radius 2 is 1.74 bits per heavy atom. The molecule has 0 unspecified atom stereocenters. The summed E-state index contributed by atoms with van der Waals surface area (Å²) in [5.41, 5.74) is 5.99. The number of nitrogens with one attached hydrogen (secondary N) is 1. The number of hydrogen-bond donors (Lipinski definition) is 1. The van der Waals surface area contributed by atoms with Crippen LogP contribution in [-0.4, -0.2) is 47.2 Å². The lowest BCUT2D eigenvalue weighted by molar-refractivity contribution is -0.186. The van der Waals surface area contributed by atoms with E-state index in [9.17, 15) is 14.4 Å². The third-order valence-electron chi connectivity index (χ3n) is 7.51. The number of amides is 2. The van der Waals surface area contributed by atoms with Crippen molar-refractivity contribution in [1.82, 2.24) is 29.4 Å². The summed E-state index contributed by atoms with van der Waals surface area (Å²) in [6.07, 6.45) is 10.8. The number of carbonyl (C=O) groups is 3. The number of hydroxylamine groups is 2. The molecule has 1 N–H and O–H groups in total. The van der Waals surface area contributed by atoms with E-state index in [2.05, 4.69) is 27.2 Å². The number of hydrogen-bond acceptors (Lipinski definition) is 7. The molecule has 11 heteroatoms. The van der Waals surface area contributed by atoms with Crippen LogP contribution in [0.2, 0.25) is 0 Å². The first-order valence-corrected chi connectivity index (χ1v) is 14.8. The molecule has 0 bridgehead atoms. The van der Waals surface area contributed by atoms with Gasteiger partial charge in [0.05, 0.1) is 17.5 Å². The van der Waals surface area contributed by atoms with Crippen molar-refractivity contribution in [1.29, 1.82) is 0 Å². The van der Waals surface area contributed by atoms with Crippen LogP contribution in [0.5, 0.6) is 0 Å². The predicted octanol–water partition coefficient (Wildman–Crippen LogP) is 5.79. The Morgan fingerprint density at radius 1 is 1.00 bits per heavy atom. The molecule has 4 aromatic rings. The lowest BCUT2D eigenvalue weighted by atomic mass is 10.1. The van der Waals surface area contributed by atoms with Gasteiger partial charge in [0, 0.05) is 48.2 Å². The van der Waals surface area contributed by atoms with Crippen molar-refractivity contribution >= 4 is 29.1 Å². The van der Waals surface area contributed by atoms with Crippen LogP contribution in [0, 0.1) is 13.8 Å². The minimum absolute atomic E-state index is 0.206. The minimum Gasteiger partial charge on any atom is -0.334 e. The molecular weight excluding hydrogens is 546 g/mol. The lowest BCUT2D eigenvalue weighted by Gasteiger charge is -2.15. The number of carbonyl (C=O) groups excluding carboxylic acids is 3. The summed E-state index contributed by atoms with van der Waals surface area (Å²) in [5.74, 6) is -0.795. The molecule has 0 saturated carbocycles. The van der Waals surface area contributed by atoms with E-state index in [-0.39, 0.29) is 17.8 Å². The van der Waals surface area contributed by atoms with Gasteiger partial charge in [-0.25, -0.2) is 9.78 Å². The Morgan fingerprint density at radius 3 is 2.49 bits per heavy atom. The third-order valence-corrected chi connectivity index (χ3v) is 7.51. The summed E-state index contributed by atoms with van der Waals surface area (Å²) in [4.78, 5) is 46.2. The van der Waals surface area contributed by atoms with E-state index in [1.54, 1.807) is 6.07 Å². The number of unbranched alkanes of at least 4 members (excludes halogenated alkanes) is 5. The smallest absolute Gasteiger partial charge is 0.333 e. The molecule has 11 nitrogen and oxygen atoms in total. The topological polar surface area (TPSA) is 124 Å². The summed E-state index contributed by atoms with van der Waals surface area (Å²) in [6, 6.07) is 11.3. The molecule has 224 valence electrons. The first kappa shape index (κ1) is 29.7. The average Bonchev–Trinajstić information content (AvgIpc) is 3.71. The first-order chi connectivity index (χ1) is 20.8. The Labute approximate surface area is 250 Å². The third kappa shape index (κ3) is 7.35. The summed E-state index contributed by atoms with van der Waals surface area (Å²) < 4.78 is 3.76. The van der Waals surface area contributed by atoms with E-state index in [1.807, 2.05) is 65.7 Å². The fraction of sp³-hybridized carbons (Fsp3) is 0.375. The van der Waals surface area contributed by atoms with Crippen LogP contribution in [0.15, 0.2) is 61.1 Å². The maximum atomic E-state index is 13.0. The Balaban J connectivity index is 1.00. The van der Waals surface area contributed by atoms with Crippen molar-refractivity contribution in [3.63, 3.8) is 0 Å². The van der Waals surface area contributed by atoms with Crippen molar-refractivity contribution in [3.8, 4) is 11.3 Å². The van der Waals surface area contributed by atoms with Crippen LogP contribution in [0.25, 0.3) is 16.9 Å². The summed E-state index contributed by atoms with van der Waals surface area (Å²) in [7, 11) is 0. The second kappa shape index (κ2) is 13.5. The molecule has 4 heterocycles. The highest BCUT2D eigenvalue weighted by molar-refractivity contribution is 6.08. The average molecular weight is 584 g/mol. The molecule has 1 saturated heterocycles. The number of anilines is 1. The van der Waals surface area contributed by atoms with Gasteiger partial charge in [-0.1, -0.05) is 49.6 Å². The standard InChI is InChI=1S/C32H37N7O4/c1-22-20-24(3)38-19-17-27(31(38)33-22)32(42)34-26-14-12-25(13-15-26)28-21-37(36-35-28)18-9-7-5-4-6-8-10-30(41)43-39-23(2)11-16-29(39)40/h12-15,17,19-21H,2,4-11,16,18H2,1,3H3,(H,34,42). The zero-order chi connectivity index (χ0) is 30.3. The molecule has 5 rings (SSSR count). The largest absolute Gasteiger partial charge is 0.334 e. The van der Waals surface area contributed by atoms with Crippen molar-refractivity contribution in [2.24, 2.45) is 0 Å². The minimum atomic E-state index is -0.383. The highest BCUT2D eigenvalue weighted by Crippen LogP contribution is 2.23. The molecule has 43 heavy (non-hydrogen) atoms. The van der Waals surface area contributed by atoms with E-state index in [0.717, 1.165) is 72.8 Å². The van der Waals surface area contributed by atoms with Gasteiger partial charge in [-0.2, -0.15) is 0 Å². The van der Waals surface area contributed by atoms with Gasteiger partial charge in [0.15, 0.2) is 0 Å². The van der Waals surface area contributed by atoms with Gasteiger partial charge >= 0.3 is 5.97 Å². The SMILES string of the molecule is C=C1CCC(=O)N1OC(=O)CCCCCCCCn1cc(-c2ccc(NC(=O)c3ccn4c(C)cc(C)nc34)cc2)nn1. The van der Waals surface area contributed by atoms with Gasteiger partial charge in [0.1, 0.15) is 11.3 Å². The highest BCUT2D eigenvalue weighted by Gasteiger charge is 2.27. The van der Waals surface area contributed by atoms with Gasteiger partial charge in [0.2, 0.25) is 0 Å².